The van der Waals surface area contributed by atoms with Gasteiger partial charge in [-0.2, -0.15) is 23.5 Å². The van der Waals surface area contributed by atoms with E-state index in [1.54, 1.807) is 0 Å². The van der Waals surface area contributed by atoms with Crippen molar-refractivity contribution in [3.05, 3.63) is 42.1 Å². The molecule has 128 valence electrons. The number of benzene rings is 1. The maximum atomic E-state index is 9.79. The highest BCUT2D eigenvalue weighted by molar-refractivity contribution is 8.03. The topological polar surface area (TPSA) is 45.1 Å². The third kappa shape index (κ3) is 3.74. The van der Waals surface area contributed by atoms with Crippen molar-refractivity contribution in [1.82, 2.24) is 10.3 Å². The molecule has 3 nitrogen and oxygen atoms in total. The van der Waals surface area contributed by atoms with Gasteiger partial charge in [-0.05, 0) is 36.5 Å². The number of para-hydroxylation sites is 1. The molecule has 4 rings (SSSR count). The Balaban J connectivity index is 1.58. The van der Waals surface area contributed by atoms with Gasteiger partial charge in [-0.1, -0.05) is 18.2 Å². The molecule has 0 radical (unpaired) electrons. The van der Waals surface area contributed by atoms with Crippen molar-refractivity contribution in [3.8, 4) is 0 Å². The zero-order valence-corrected chi connectivity index (χ0v) is 15.4. The van der Waals surface area contributed by atoms with Crippen molar-refractivity contribution in [2.24, 2.45) is 5.92 Å². The molecule has 0 bridgehead atoms. The molecule has 1 atom stereocenters. The maximum Gasteiger partial charge on any atom is 0.0702 e. The fourth-order valence-electron chi connectivity index (χ4n) is 3.63. The van der Waals surface area contributed by atoms with Crippen molar-refractivity contribution >= 4 is 34.4 Å². The first-order valence-corrected chi connectivity index (χ1v) is 11.0. The van der Waals surface area contributed by atoms with Gasteiger partial charge in [-0.15, -0.1) is 0 Å². The number of fused-ring (bicyclic) bond motifs is 1. The van der Waals surface area contributed by atoms with E-state index in [1.165, 1.54) is 34.0 Å². The number of aliphatic hydroxyl groups is 1. The molecule has 2 heterocycles. The fourth-order valence-corrected chi connectivity index (χ4v) is 6.05. The first-order valence-electron chi connectivity index (χ1n) is 8.74. The minimum absolute atomic E-state index is 0.120. The summed E-state index contributed by atoms with van der Waals surface area (Å²) in [5.74, 6) is 5.39. The lowest BCUT2D eigenvalue weighted by atomic mass is 9.75. The Morgan fingerprint density at radius 2 is 1.88 bits per heavy atom. The zero-order chi connectivity index (χ0) is 16.4. The number of aromatic nitrogens is 1. The van der Waals surface area contributed by atoms with Crippen LogP contribution in [-0.2, 0) is 0 Å². The van der Waals surface area contributed by atoms with Crippen molar-refractivity contribution in [3.63, 3.8) is 0 Å². The van der Waals surface area contributed by atoms with Gasteiger partial charge in [0.15, 0.2) is 0 Å². The highest BCUT2D eigenvalue weighted by Crippen LogP contribution is 2.39. The van der Waals surface area contributed by atoms with Crippen LogP contribution in [0.3, 0.4) is 0 Å². The van der Waals surface area contributed by atoms with Gasteiger partial charge in [-0.3, -0.25) is 4.98 Å². The van der Waals surface area contributed by atoms with Crippen LogP contribution in [0, 0.1) is 5.92 Å². The SMILES string of the molecule is OC1CC([C@@H](NC2CSCCSC2)c2cnc3ccccc3c2)C1. The summed E-state index contributed by atoms with van der Waals surface area (Å²) in [4.78, 5) is 4.66. The summed E-state index contributed by atoms with van der Waals surface area (Å²) in [7, 11) is 0. The number of nitrogens with zero attached hydrogens (tertiary/aromatic N) is 1. The minimum atomic E-state index is -0.120. The van der Waals surface area contributed by atoms with Gasteiger partial charge in [0.25, 0.3) is 0 Å². The summed E-state index contributed by atoms with van der Waals surface area (Å²) in [6, 6.07) is 11.4. The Hall–Kier alpha value is -0.750. The predicted molar refractivity (Wildman–Crippen MR) is 105 cm³/mol. The third-order valence-corrected chi connectivity index (χ3v) is 7.54. The van der Waals surface area contributed by atoms with Crippen LogP contribution in [0.1, 0.15) is 24.4 Å². The van der Waals surface area contributed by atoms with Crippen LogP contribution in [0.25, 0.3) is 10.9 Å². The Morgan fingerprint density at radius 1 is 1.12 bits per heavy atom. The lowest BCUT2D eigenvalue weighted by Gasteiger charge is -2.40. The lowest BCUT2D eigenvalue weighted by Crippen LogP contribution is -2.44. The van der Waals surface area contributed by atoms with E-state index in [-0.39, 0.29) is 6.10 Å². The highest BCUT2D eigenvalue weighted by Gasteiger charge is 2.36. The molecule has 2 aliphatic rings. The molecule has 1 aliphatic carbocycles. The van der Waals surface area contributed by atoms with E-state index in [0.717, 1.165) is 18.4 Å². The van der Waals surface area contributed by atoms with Crippen LogP contribution in [0.5, 0.6) is 0 Å². The molecule has 2 fully saturated rings. The number of rotatable bonds is 4. The van der Waals surface area contributed by atoms with Crippen LogP contribution in [0.15, 0.2) is 36.5 Å². The predicted octanol–water partition coefficient (Wildman–Crippen LogP) is 3.49. The van der Waals surface area contributed by atoms with Crippen LogP contribution >= 0.6 is 23.5 Å². The van der Waals surface area contributed by atoms with Crippen molar-refractivity contribution in [2.75, 3.05) is 23.0 Å². The Kier molecular flexibility index (Phi) is 5.32. The Morgan fingerprint density at radius 3 is 2.62 bits per heavy atom. The van der Waals surface area contributed by atoms with Crippen LogP contribution in [0.2, 0.25) is 0 Å². The molecular formula is C19H24N2OS2. The molecular weight excluding hydrogens is 336 g/mol. The third-order valence-electron chi connectivity index (χ3n) is 5.02. The lowest BCUT2D eigenvalue weighted by molar-refractivity contribution is 0.0227. The normalized spacial score (nSPS) is 26.7. The van der Waals surface area contributed by atoms with E-state index in [9.17, 15) is 5.11 Å². The molecule has 1 aromatic carbocycles. The molecule has 24 heavy (non-hydrogen) atoms. The average Bonchev–Trinajstić information content (AvgIpc) is 2.85. The Bertz CT molecular complexity index is 682. The van der Waals surface area contributed by atoms with Crippen molar-refractivity contribution in [2.45, 2.75) is 31.0 Å². The molecule has 1 saturated heterocycles. The first kappa shape index (κ1) is 16.7. The number of pyridine rings is 1. The summed E-state index contributed by atoms with van der Waals surface area (Å²) >= 11 is 4.11. The largest absolute Gasteiger partial charge is 0.393 e. The number of hydrogen-bond acceptors (Lipinski definition) is 5. The summed E-state index contributed by atoms with van der Waals surface area (Å²) in [6.45, 7) is 0. The van der Waals surface area contributed by atoms with Crippen LogP contribution in [-0.4, -0.2) is 45.2 Å². The van der Waals surface area contributed by atoms with E-state index < -0.39 is 0 Å². The van der Waals surface area contributed by atoms with Gasteiger partial charge in [0, 0.05) is 46.7 Å². The average molecular weight is 361 g/mol. The van der Waals surface area contributed by atoms with Gasteiger partial charge in [0.05, 0.1) is 11.6 Å². The summed E-state index contributed by atoms with van der Waals surface area (Å²) in [5.41, 5.74) is 2.32. The maximum absolute atomic E-state index is 9.79. The van der Waals surface area contributed by atoms with E-state index in [2.05, 4.69) is 58.1 Å². The Labute approximate surface area is 152 Å². The summed E-state index contributed by atoms with van der Waals surface area (Å²) in [5, 5.41) is 14.9. The smallest absolute Gasteiger partial charge is 0.0702 e. The van der Waals surface area contributed by atoms with Gasteiger partial charge in [0.1, 0.15) is 0 Å². The van der Waals surface area contributed by atoms with Gasteiger partial charge < -0.3 is 10.4 Å². The van der Waals surface area contributed by atoms with E-state index in [0.29, 0.717) is 18.0 Å². The number of aliphatic hydroxyl groups excluding tert-OH is 1. The van der Waals surface area contributed by atoms with E-state index >= 15 is 0 Å². The minimum Gasteiger partial charge on any atom is -0.393 e. The van der Waals surface area contributed by atoms with Gasteiger partial charge in [-0.25, -0.2) is 0 Å². The molecule has 1 aliphatic heterocycles. The zero-order valence-electron chi connectivity index (χ0n) is 13.7. The quantitative estimate of drug-likeness (QED) is 0.874. The number of hydrogen-bond donors (Lipinski definition) is 2. The molecule has 0 spiro atoms. The van der Waals surface area contributed by atoms with E-state index in [4.69, 9.17) is 0 Å². The molecule has 0 amide bonds. The molecule has 2 N–H and O–H groups in total. The summed E-state index contributed by atoms with van der Waals surface area (Å²) in [6.07, 6.45) is 3.71. The summed E-state index contributed by atoms with van der Waals surface area (Å²) < 4.78 is 0. The number of nitrogens with one attached hydrogen (secondary N) is 1. The second-order valence-corrected chi connectivity index (χ2v) is 9.14. The second kappa shape index (κ2) is 7.65. The first-order chi connectivity index (χ1) is 11.8. The number of thioether (sulfide) groups is 2. The fraction of sp³-hybridized carbons (Fsp3) is 0.526. The molecule has 1 aromatic heterocycles. The van der Waals surface area contributed by atoms with Crippen molar-refractivity contribution in [1.29, 1.82) is 0 Å². The van der Waals surface area contributed by atoms with Gasteiger partial charge in [0.2, 0.25) is 0 Å². The standard InChI is InChI=1S/C19H24N2OS2/c22-17-8-14(9-17)19(21-16-11-23-5-6-24-12-16)15-7-13-3-1-2-4-18(13)20-10-15/h1-4,7,10,14,16-17,19,21-22H,5-6,8-9,11-12H2/t14?,17?,19-/m1/s1. The van der Waals surface area contributed by atoms with Crippen LogP contribution < -0.4 is 5.32 Å². The molecule has 2 aromatic rings. The van der Waals surface area contributed by atoms with Crippen LogP contribution in [0.4, 0.5) is 0 Å². The highest BCUT2D eigenvalue weighted by atomic mass is 32.2. The van der Waals surface area contributed by atoms with Crippen molar-refractivity contribution < 1.29 is 5.11 Å². The molecule has 1 saturated carbocycles. The molecule has 5 heteroatoms. The van der Waals surface area contributed by atoms with Gasteiger partial charge >= 0.3 is 0 Å². The molecule has 0 unspecified atom stereocenters. The second-order valence-electron chi connectivity index (χ2n) is 6.84. The van der Waals surface area contributed by atoms with E-state index in [1.807, 2.05) is 12.3 Å². The monoisotopic (exact) mass is 360 g/mol.